The van der Waals surface area contributed by atoms with E-state index in [9.17, 15) is 4.79 Å². The Morgan fingerprint density at radius 1 is 1.20 bits per heavy atom. The van der Waals surface area contributed by atoms with Crippen molar-refractivity contribution in [1.82, 2.24) is 15.5 Å². The number of rotatable bonds is 5. The van der Waals surface area contributed by atoms with Gasteiger partial charge in [0.15, 0.2) is 5.69 Å². The summed E-state index contributed by atoms with van der Waals surface area (Å²) in [4.78, 5) is 11.4. The zero-order valence-corrected chi connectivity index (χ0v) is 12.4. The molecule has 0 saturated heterocycles. The summed E-state index contributed by atoms with van der Waals surface area (Å²) in [6.07, 6.45) is 6.62. The smallest absolute Gasteiger partial charge is 0.271 e. The van der Waals surface area contributed by atoms with Crippen molar-refractivity contribution < 1.29 is 4.79 Å². The maximum Gasteiger partial charge on any atom is 0.271 e. The average Bonchev–Trinajstić information content (AvgIpc) is 2.53. The average molecular weight is 276 g/mol. The fourth-order valence-electron chi connectivity index (χ4n) is 2.77. The third-order valence-corrected chi connectivity index (χ3v) is 4.24. The van der Waals surface area contributed by atoms with Gasteiger partial charge in [0.1, 0.15) is 5.82 Å². The molecule has 1 fully saturated rings. The summed E-state index contributed by atoms with van der Waals surface area (Å²) >= 11 is 0. The molecule has 0 spiro atoms. The van der Waals surface area contributed by atoms with Crippen molar-refractivity contribution in [3.63, 3.8) is 0 Å². The number of nitrogens with zero attached hydrogens (tertiary/aromatic N) is 2. The van der Waals surface area contributed by atoms with Crippen molar-refractivity contribution in [3.8, 4) is 0 Å². The number of aromatic nitrogens is 2. The maximum absolute atomic E-state index is 11.4. The Kier molecular flexibility index (Phi) is 5.32. The molecule has 0 bridgehead atoms. The van der Waals surface area contributed by atoms with Crippen LogP contribution in [-0.4, -0.2) is 29.7 Å². The van der Waals surface area contributed by atoms with Gasteiger partial charge in [0, 0.05) is 13.6 Å². The second-order valence-corrected chi connectivity index (χ2v) is 5.56. The van der Waals surface area contributed by atoms with E-state index < -0.39 is 0 Å². The summed E-state index contributed by atoms with van der Waals surface area (Å²) in [7, 11) is 1.59. The Morgan fingerprint density at radius 3 is 2.45 bits per heavy atom. The summed E-state index contributed by atoms with van der Waals surface area (Å²) in [6, 6.07) is 3.51. The fourth-order valence-corrected chi connectivity index (χ4v) is 2.77. The molecule has 1 aliphatic carbocycles. The monoisotopic (exact) mass is 276 g/mol. The van der Waals surface area contributed by atoms with Crippen molar-refractivity contribution >= 4 is 11.7 Å². The molecule has 1 aromatic heterocycles. The van der Waals surface area contributed by atoms with Gasteiger partial charge in [-0.05, 0) is 36.8 Å². The number of nitrogens with one attached hydrogen (secondary N) is 2. The highest BCUT2D eigenvalue weighted by molar-refractivity contribution is 5.91. The Balaban J connectivity index is 1.78. The Bertz CT molecular complexity index is 424. The van der Waals surface area contributed by atoms with Crippen LogP contribution in [0.15, 0.2) is 12.1 Å². The lowest BCUT2D eigenvalue weighted by Crippen LogP contribution is -2.22. The maximum atomic E-state index is 11.4. The molecule has 110 valence electrons. The first kappa shape index (κ1) is 14.8. The quantitative estimate of drug-likeness (QED) is 0.867. The largest absolute Gasteiger partial charge is 0.368 e. The van der Waals surface area contributed by atoms with Crippen LogP contribution < -0.4 is 10.6 Å². The summed E-state index contributed by atoms with van der Waals surface area (Å²) in [5.74, 6) is 2.20. The summed E-state index contributed by atoms with van der Waals surface area (Å²) in [6.45, 7) is 3.23. The summed E-state index contributed by atoms with van der Waals surface area (Å²) < 4.78 is 0. The highest BCUT2D eigenvalue weighted by Crippen LogP contribution is 2.30. The molecule has 1 amide bonds. The zero-order valence-electron chi connectivity index (χ0n) is 12.4. The van der Waals surface area contributed by atoms with Gasteiger partial charge in [-0.2, -0.15) is 0 Å². The van der Waals surface area contributed by atoms with Gasteiger partial charge in [0.2, 0.25) is 0 Å². The van der Waals surface area contributed by atoms with Crippen LogP contribution in [0, 0.1) is 11.8 Å². The molecule has 20 heavy (non-hydrogen) atoms. The van der Waals surface area contributed by atoms with Crippen LogP contribution in [-0.2, 0) is 0 Å². The van der Waals surface area contributed by atoms with E-state index >= 15 is 0 Å². The lowest BCUT2D eigenvalue weighted by Gasteiger charge is -2.27. The molecule has 1 aromatic rings. The minimum Gasteiger partial charge on any atom is -0.368 e. The molecular formula is C15H24N4O. The van der Waals surface area contributed by atoms with Gasteiger partial charge in [0.25, 0.3) is 5.91 Å². The van der Waals surface area contributed by atoms with E-state index in [1.54, 1.807) is 13.1 Å². The molecule has 1 heterocycles. The highest BCUT2D eigenvalue weighted by Gasteiger charge is 2.19. The predicted octanol–water partition coefficient (Wildman–Crippen LogP) is 2.46. The standard InChI is InChI=1S/C15H24N4O/c1-3-11-4-6-12(7-5-11)10-17-14-9-8-13(18-19-14)15(20)16-2/h8-9,11-12H,3-7,10H2,1-2H3,(H,16,20)(H,17,19). The second-order valence-electron chi connectivity index (χ2n) is 5.56. The molecule has 1 aliphatic rings. The topological polar surface area (TPSA) is 66.9 Å². The Hall–Kier alpha value is -1.65. The first-order chi connectivity index (χ1) is 9.72. The van der Waals surface area contributed by atoms with Crippen LogP contribution in [0.3, 0.4) is 0 Å². The molecular weight excluding hydrogens is 252 g/mol. The number of carbonyl (C=O) groups excluding carboxylic acids is 1. The van der Waals surface area contributed by atoms with E-state index in [0.717, 1.165) is 24.2 Å². The molecule has 5 nitrogen and oxygen atoms in total. The Morgan fingerprint density at radius 2 is 1.90 bits per heavy atom. The third kappa shape index (κ3) is 3.92. The molecule has 0 unspecified atom stereocenters. The first-order valence-corrected chi connectivity index (χ1v) is 7.52. The van der Waals surface area contributed by atoms with Crippen LogP contribution in [0.1, 0.15) is 49.5 Å². The number of hydrogen-bond acceptors (Lipinski definition) is 4. The van der Waals surface area contributed by atoms with Gasteiger partial charge in [-0.1, -0.05) is 26.2 Å². The van der Waals surface area contributed by atoms with E-state index in [1.807, 2.05) is 6.07 Å². The lowest BCUT2D eigenvalue weighted by atomic mass is 9.81. The summed E-state index contributed by atoms with van der Waals surface area (Å²) in [5.41, 5.74) is 0.349. The van der Waals surface area contributed by atoms with E-state index in [0.29, 0.717) is 5.69 Å². The predicted molar refractivity (Wildman–Crippen MR) is 79.7 cm³/mol. The molecule has 0 aliphatic heterocycles. The molecule has 0 radical (unpaired) electrons. The first-order valence-electron chi connectivity index (χ1n) is 7.52. The number of amides is 1. The molecule has 0 aromatic carbocycles. The lowest BCUT2D eigenvalue weighted by molar-refractivity contribution is 0.0957. The van der Waals surface area contributed by atoms with Gasteiger partial charge in [0.05, 0.1) is 0 Å². The SMILES string of the molecule is CCC1CCC(CNc2ccc(C(=O)NC)nn2)CC1. The second kappa shape index (κ2) is 7.22. The third-order valence-electron chi connectivity index (χ3n) is 4.24. The summed E-state index contributed by atoms with van der Waals surface area (Å²) in [5, 5.41) is 13.8. The van der Waals surface area contributed by atoms with E-state index in [4.69, 9.17) is 0 Å². The Labute approximate surface area is 120 Å². The minimum absolute atomic E-state index is 0.207. The number of anilines is 1. The number of hydrogen-bond donors (Lipinski definition) is 2. The molecule has 0 atom stereocenters. The van der Waals surface area contributed by atoms with Crippen molar-refractivity contribution in [2.24, 2.45) is 11.8 Å². The van der Waals surface area contributed by atoms with E-state index in [1.165, 1.54) is 32.1 Å². The van der Waals surface area contributed by atoms with E-state index in [-0.39, 0.29) is 5.91 Å². The van der Waals surface area contributed by atoms with Crippen LogP contribution in [0.4, 0.5) is 5.82 Å². The molecule has 2 rings (SSSR count). The normalized spacial score (nSPS) is 22.3. The zero-order chi connectivity index (χ0) is 14.4. The van der Waals surface area contributed by atoms with Gasteiger partial charge in [-0.25, -0.2) is 0 Å². The van der Waals surface area contributed by atoms with Gasteiger partial charge < -0.3 is 10.6 Å². The van der Waals surface area contributed by atoms with Crippen LogP contribution in [0.2, 0.25) is 0 Å². The van der Waals surface area contributed by atoms with Crippen molar-refractivity contribution in [2.75, 3.05) is 18.9 Å². The number of carbonyl (C=O) groups is 1. The van der Waals surface area contributed by atoms with Crippen LogP contribution in [0.5, 0.6) is 0 Å². The molecule has 5 heteroatoms. The minimum atomic E-state index is -0.207. The van der Waals surface area contributed by atoms with Crippen LogP contribution >= 0.6 is 0 Å². The fraction of sp³-hybridized carbons (Fsp3) is 0.667. The van der Waals surface area contributed by atoms with Gasteiger partial charge in [-0.15, -0.1) is 10.2 Å². The van der Waals surface area contributed by atoms with E-state index in [2.05, 4.69) is 27.8 Å². The molecule has 2 N–H and O–H groups in total. The van der Waals surface area contributed by atoms with Crippen LogP contribution in [0.25, 0.3) is 0 Å². The van der Waals surface area contributed by atoms with Gasteiger partial charge >= 0.3 is 0 Å². The van der Waals surface area contributed by atoms with Crippen molar-refractivity contribution in [3.05, 3.63) is 17.8 Å². The van der Waals surface area contributed by atoms with Gasteiger partial charge in [-0.3, -0.25) is 4.79 Å². The highest BCUT2D eigenvalue weighted by atomic mass is 16.1. The van der Waals surface area contributed by atoms with Crippen molar-refractivity contribution in [1.29, 1.82) is 0 Å². The van der Waals surface area contributed by atoms with Crippen molar-refractivity contribution in [2.45, 2.75) is 39.0 Å². The molecule has 1 saturated carbocycles.